The summed E-state index contributed by atoms with van der Waals surface area (Å²) in [6.07, 6.45) is 1.72. The van der Waals surface area contributed by atoms with Gasteiger partial charge in [-0.3, -0.25) is 0 Å². The van der Waals surface area contributed by atoms with Gasteiger partial charge in [-0.05, 0) is 19.4 Å². The van der Waals surface area contributed by atoms with E-state index in [0.717, 1.165) is 17.2 Å². The zero-order valence-electron chi connectivity index (χ0n) is 12.2. The Hall–Kier alpha value is -1.83. The summed E-state index contributed by atoms with van der Waals surface area (Å²) in [5.41, 5.74) is -2.03. The number of amides is 2. The lowest BCUT2D eigenvalue weighted by Crippen LogP contribution is -2.46. The van der Waals surface area contributed by atoms with Crippen LogP contribution in [0.4, 0.5) is 18.0 Å². The molecule has 124 valence electrons. The van der Waals surface area contributed by atoms with Crippen LogP contribution in [0.5, 0.6) is 0 Å². The molecule has 0 aromatic rings. The minimum absolute atomic E-state index is 0.0480. The number of hydrogen-bond donors (Lipinski definition) is 0. The van der Waals surface area contributed by atoms with Gasteiger partial charge in [0.15, 0.2) is 0 Å². The molecule has 5 nitrogen and oxygen atoms in total. The fourth-order valence-corrected chi connectivity index (χ4v) is 2.93. The van der Waals surface area contributed by atoms with Crippen molar-refractivity contribution in [1.29, 1.82) is 0 Å². The molecule has 9 heteroatoms. The molecule has 2 aliphatic heterocycles. The fraction of sp³-hybridized carbons (Fsp3) is 0.500. The van der Waals surface area contributed by atoms with E-state index >= 15 is 0 Å². The molecule has 0 fully saturated rings. The number of hydrogen-bond acceptors (Lipinski definition) is 3. The maximum absolute atomic E-state index is 13.0. The number of allylic oxidation sites excluding steroid dienone is 2. The van der Waals surface area contributed by atoms with Crippen molar-refractivity contribution in [1.82, 2.24) is 9.91 Å². The van der Waals surface area contributed by atoms with Crippen LogP contribution in [-0.4, -0.2) is 46.1 Å². The van der Waals surface area contributed by atoms with Crippen LogP contribution in [0.25, 0.3) is 0 Å². The van der Waals surface area contributed by atoms with E-state index in [1.807, 2.05) is 12.2 Å². The van der Waals surface area contributed by atoms with Gasteiger partial charge in [-0.15, -0.1) is 11.6 Å². The first-order valence-corrected chi connectivity index (χ1v) is 7.49. The maximum atomic E-state index is 13.0. The van der Waals surface area contributed by atoms with E-state index in [-0.39, 0.29) is 5.70 Å². The SMILES string of the molecule is CC12N=NN(C(=O)N3CC=CCC3)C1=CC(C(F)(F)F)=CC2Cl. The Morgan fingerprint density at radius 1 is 1.43 bits per heavy atom. The first-order valence-electron chi connectivity index (χ1n) is 7.05. The Balaban J connectivity index is 1.94. The summed E-state index contributed by atoms with van der Waals surface area (Å²) in [6, 6.07) is -0.500. The molecule has 2 unspecified atom stereocenters. The van der Waals surface area contributed by atoms with Crippen molar-refractivity contribution < 1.29 is 18.0 Å². The largest absolute Gasteiger partial charge is 0.416 e. The Morgan fingerprint density at radius 3 is 2.78 bits per heavy atom. The molecule has 0 aromatic heterocycles. The number of carbonyl (C=O) groups is 1. The number of halogens is 4. The average molecular weight is 347 g/mol. The van der Waals surface area contributed by atoms with E-state index in [2.05, 4.69) is 10.3 Å². The van der Waals surface area contributed by atoms with Crippen molar-refractivity contribution in [2.45, 2.75) is 30.4 Å². The van der Waals surface area contributed by atoms with Crippen LogP contribution in [0, 0.1) is 0 Å². The highest BCUT2D eigenvalue weighted by molar-refractivity contribution is 6.23. The molecule has 3 aliphatic rings. The minimum atomic E-state index is -4.55. The predicted molar refractivity (Wildman–Crippen MR) is 77.7 cm³/mol. The summed E-state index contributed by atoms with van der Waals surface area (Å²) in [6.45, 7) is 2.44. The van der Waals surface area contributed by atoms with Crippen LogP contribution in [0.15, 0.2) is 45.9 Å². The highest BCUT2D eigenvalue weighted by Crippen LogP contribution is 2.45. The second-order valence-corrected chi connectivity index (χ2v) is 6.16. The summed E-state index contributed by atoms with van der Waals surface area (Å²) in [5, 5.41) is 7.63. The van der Waals surface area contributed by atoms with Crippen molar-refractivity contribution in [2.24, 2.45) is 10.3 Å². The Morgan fingerprint density at radius 2 is 2.17 bits per heavy atom. The third-order valence-electron chi connectivity index (χ3n) is 4.08. The molecule has 23 heavy (non-hydrogen) atoms. The molecule has 0 spiro atoms. The number of rotatable bonds is 0. The second-order valence-electron chi connectivity index (χ2n) is 5.69. The Kier molecular flexibility index (Phi) is 3.74. The van der Waals surface area contributed by atoms with Crippen molar-refractivity contribution >= 4 is 17.6 Å². The van der Waals surface area contributed by atoms with Crippen LogP contribution in [-0.2, 0) is 0 Å². The van der Waals surface area contributed by atoms with Gasteiger partial charge >= 0.3 is 12.2 Å². The quantitative estimate of drug-likeness (QED) is 0.486. The molecule has 0 saturated heterocycles. The molecule has 0 bridgehead atoms. The molecule has 0 saturated carbocycles. The third-order valence-corrected chi connectivity index (χ3v) is 4.63. The maximum Gasteiger partial charge on any atom is 0.416 e. The average Bonchev–Trinajstić information content (AvgIpc) is 2.85. The van der Waals surface area contributed by atoms with Crippen LogP contribution in [0.1, 0.15) is 13.3 Å². The van der Waals surface area contributed by atoms with Gasteiger partial charge in [0.25, 0.3) is 0 Å². The molecule has 0 N–H and O–H groups in total. The summed E-state index contributed by atoms with van der Waals surface area (Å²) in [7, 11) is 0. The topological polar surface area (TPSA) is 48.3 Å². The third kappa shape index (κ3) is 2.65. The van der Waals surface area contributed by atoms with Gasteiger partial charge < -0.3 is 4.90 Å². The van der Waals surface area contributed by atoms with Crippen molar-refractivity contribution in [2.75, 3.05) is 13.1 Å². The van der Waals surface area contributed by atoms with Gasteiger partial charge in [0.1, 0.15) is 5.54 Å². The number of urea groups is 1. The highest BCUT2D eigenvalue weighted by atomic mass is 35.5. The number of carbonyl (C=O) groups excluding carboxylic acids is 1. The number of fused-ring (bicyclic) bond motifs is 1. The molecule has 2 amide bonds. The summed E-state index contributed by atoms with van der Waals surface area (Å²) in [5.74, 6) is 0. The standard InChI is InChI=1S/C14H14ClF3N4O/c1-13-10(15)7-9(14(16,17)18)8-11(13)22(20-19-13)12(23)21-5-3-2-4-6-21/h2-3,7-8,10H,4-6H2,1H3. The lowest BCUT2D eigenvalue weighted by molar-refractivity contribution is -0.0889. The van der Waals surface area contributed by atoms with Gasteiger partial charge in [-0.2, -0.15) is 23.3 Å². The molecular formula is C14H14ClF3N4O. The first-order chi connectivity index (χ1) is 10.7. The summed E-state index contributed by atoms with van der Waals surface area (Å²) >= 11 is 6.08. The zero-order valence-corrected chi connectivity index (χ0v) is 13.0. The molecule has 0 aromatic carbocycles. The Bertz CT molecular complexity index is 655. The van der Waals surface area contributed by atoms with Gasteiger partial charge in [0.2, 0.25) is 0 Å². The van der Waals surface area contributed by atoms with E-state index in [9.17, 15) is 18.0 Å². The van der Waals surface area contributed by atoms with E-state index < -0.39 is 28.7 Å². The van der Waals surface area contributed by atoms with E-state index in [1.165, 1.54) is 4.90 Å². The van der Waals surface area contributed by atoms with Gasteiger partial charge in [0.05, 0.1) is 16.6 Å². The van der Waals surface area contributed by atoms with E-state index in [4.69, 9.17) is 11.6 Å². The lowest BCUT2D eigenvalue weighted by atomic mass is 9.87. The monoisotopic (exact) mass is 346 g/mol. The van der Waals surface area contributed by atoms with Crippen LogP contribution in [0.3, 0.4) is 0 Å². The van der Waals surface area contributed by atoms with E-state index in [0.29, 0.717) is 19.5 Å². The molecular weight excluding hydrogens is 333 g/mol. The lowest BCUT2D eigenvalue weighted by Gasteiger charge is -2.33. The van der Waals surface area contributed by atoms with Crippen molar-refractivity contribution in [3.05, 3.63) is 35.6 Å². The molecule has 2 heterocycles. The predicted octanol–water partition coefficient (Wildman–Crippen LogP) is 3.80. The number of nitrogens with zero attached hydrogens (tertiary/aromatic N) is 4. The van der Waals surface area contributed by atoms with Crippen LogP contribution in [0.2, 0.25) is 0 Å². The highest BCUT2D eigenvalue weighted by Gasteiger charge is 2.51. The van der Waals surface area contributed by atoms with Crippen molar-refractivity contribution in [3.8, 4) is 0 Å². The van der Waals surface area contributed by atoms with Crippen LogP contribution >= 0.6 is 11.6 Å². The zero-order chi connectivity index (χ0) is 16.8. The van der Waals surface area contributed by atoms with E-state index in [1.54, 1.807) is 6.92 Å². The van der Waals surface area contributed by atoms with Gasteiger partial charge in [-0.1, -0.05) is 23.5 Å². The smallest absolute Gasteiger partial charge is 0.319 e. The fourth-order valence-electron chi connectivity index (χ4n) is 2.64. The summed E-state index contributed by atoms with van der Waals surface area (Å²) in [4.78, 5) is 14.0. The van der Waals surface area contributed by atoms with Gasteiger partial charge in [0, 0.05) is 13.1 Å². The second kappa shape index (κ2) is 5.36. The van der Waals surface area contributed by atoms with Gasteiger partial charge in [-0.25, -0.2) is 4.79 Å². The van der Waals surface area contributed by atoms with Crippen LogP contribution < -0.4 is 0 Å². The minimum Gasteiger partial charge on any atom is -0.319 e. The molecule has 2 atom stereocenters. The molecule has 1 aliphatic carbocycles. The first kappa shape index (κ1) is 16.0. The Labute approximate surface area is 135 Å². The summed E-state index contributed by atoms with van der Waals surface area (Å²) < 4.78 is 39.1. The molecule has 3 rings (SSSR count). The normalized spacial score (nSPS) is 30.2. The van der Waals surface area contributed by atoms with Crippen molar-refractivity contribution in [3.63, 3.8) is 0 Å². The number of alkyl halides is 4. The molecule has 0 radical (unpaired) electrons.